The van der Waals surface area contributed by atoms with E-state index in [9.17, 15) is 13.2 Å². The number of rotatable bonds is 7. The van der Waals surface area contributed by atoms with Crippen LogP contribution in [0.1, 0.15) is 26.3 Å². The number of methoxy groups -OCH3 is 1. The van der Waals surface area contributed by atoms with Gasteiger partial charge < -0.3 is 15.2 Å². The van der Waals surface area contributed by atoms with Gasteiger partial charge in [0.25, 0.3) is 10.0 Å². The molecule has 4 rings (SSSR count). The average Bonchev–Trinajstić information content (AvgIpc) is 2.96. The number of hydrogen-bond acceptors (Lipinski definition) is 7. The lowest BCUT2D eigenvalue weighted by Crippen LogP contribution is -2.48. The molecule has 0 aliphatic carbocycles. The van der Waals surface area contributed by atoms with Crippen LogP contribution in [0.3, 0.4) is 0 Å². The van der Waals surface area contributed by atoms with Crippen LogP contribution in [0.25, 0.3) is 22.4 Å². The molecule has 9 nitrogen and oxygen atoms in total. The molecule has 0 saturated carbocycles. The van der Waals surface area contributed by atoms with Crippen LogP contribution in [0.4, 0.5) is 4.79 Å². The number of carbonyl (C=O) groups excluding carboxylic acids is 1. The highest BCUT2D eigenvalue weighted by Gasteiger charge is 2.36. The van der Waals surface area contributed by atoms with Gasteiger partial charge in [0.15, 0.2) is 0 Å². The van der Waals surface area contributed by atoms with Crippen LogP contribution < -0.4 is 10.5 Å². The largest absolute Gasteiger partial charge is 0.497 e. The Hall–Kier alpha value is -4.41. The van der Waals surface area contributed by atoms with Crippen molar-refractivity contribution in [3.05, 3.63) is 102 Å². The van der Waals surface area contributed by atoms with Crippen LogP contribution in [0.15, 0.2) is 101 Å². The van der Waals surface area contributed by atoms with Crippen LogP contribution in [-0.2, 0) is 21.3 Å². The number of ether oxygens (including phenoxy) is 2. The number of halogens is 1. The van der Waals surface area contributed by atoms with Gasteiger partial charge in [-0.05, 0) is 74.4 Å². The number of nitrogens with two attached hydrogens (primary N) is 1. The maximum atomic E-state index is 13.5. The summed E-state index contributed by atoms with van der Waals surface area (Å²) in [7, 11) is -2.82. The first-order valence-corrected chi connectivity index (χ1v) is 14.7. The molecular formula is C31H31ClN4O5S. The number of amides is 1. The van der Waals surface area contributed by atoms with Gasteiger partial charge in [0.2, 0.25) is 5.96 Å². The summed E-state index contributed by atoms with van der Waals surface area (Å²) in [6.07, 6.45) is 0.458. The molecule has 0 atom stereocenters. The van der Waals surface area contributed by atoms with E-state index in [2.05, 4.69) is 4.99 Å². The minimum atomic E-state index is -4.42. The molecule has 0 aliphatic heterocycles. The minimum absolute atomic E-state index is 0.0630. The fourth-order valence-electron chi connectivity index (χ4n) is 3.98. The zero-order valence-electron chi connectivity index (χ0n) is 23.6. The summed E-state index contributed by atoms with van der Waals surface area (Å²) in [5.41, 5.74) is 9.05. The van der Waals surface area contributed by atoms with Gasteiger partial charge in [-0.15, -0.1) is 4.31 Å². The normalized spacial score (nSPS) is 12.1. The number of aliphatic imine (C=N–C) groups is 1. The van der Waals surface area contributed by atoms with Crippen LogP contribution in [0.5, 0.6) is 5.75 Å². The van der Waals surface area contributed by atoms with E-state index in [-0.39, 0.29) is 11.4 Å². The molecule has 42 heavy (non-hydrogen) atoms. The van der Waals surface area contributed by atoms with Crippen molar-refractivity contribution in [2.24, 2.45) is 10.7 Å². The third kappa shape index (κ3) is 7.26. The Labute approximate surface area is 250 Å². The Bertz CT molecular complexity index is 1690. The zero-order valence-corrected chi connectivity index (χ0v) is 25.2. The standard InChI is InChI=1S/C31H31ClN4O5S/c1-31(2,3)41-30(37)36(42(38,39)26-8-6-5-7-9-26)29(33)35-20-21-18-27(22-12-16-25(40-4)17-13-22)28(34-19-21)23-10-14-24(32)15-11-23/h5-19H,20H2,1-4H3,(H2,33,35). The second-order valence-electron chi connectivity index (χ2n) is 10.2. The first kappa shape index (κ1) is 30.5. The zero-order chi connectivity index (χ0) is 30.5. The van der Waals surface area contributed by atoms with E-state index < -0.39 is 27.7 Å². The monoisotopic (exact) mass is 606 g/mol. The number of aromatic nitrogens is 1. The van der Waals surface area contributed by atoms with Crippen LogP contribution in [-0.4, -0.2) is 42.5 Å². The van der Waals surface area contributed by atoms with Gasteiger partial charge in [0, 0.05) is 22.3 Å². The average molecular weight is 607 g/mol. The summed E-state index contributed by atoms with van der Waals surface area (Å²) in [6.45, 7) is 4.81. The summed E-state index contributed by atoms with van der Waals surface area (Å²) in [5.74, 6) is 0.163. The Morgan fingerprint density at radius 2 is 1.60 bits per heavy atom. The predicted molar refractivity (Wildman–Crippen MR) is 164 cm³/mol. The van der Waals surface area contributed by atoms with E-state index >= 15 is 0 Å². The molecule has 0 spiro atoms. The molecule has 0 aliphatic rings. The van der Waals surface area contributed by atoms with E-state index in [1.807, 2.05) is 42.5 Å². The Morgan fingerprint density at radius 1 is 0.976 bits per heavy atom. The molecule has 4 aromatic rings. The lowest BCUT2D eigenvalue weighted by molar-refractivity contribution is 0.0463. The van der Waals surface area contributed by atoms with Crippen molar-refractivity contribution in [1.29, 1.82) is 0 Å². The third-order valence-corrected chi connectivity index (χ3v) is 7.87. The molecule has 0 bridgehead atoms. The Morgan fingerprint density at radius 3 is 2.19 bits per heavy atom. The molecule has 0 unspecified atom stereocenters. The number of pyridine rings is 1. The van der Waals surface area contributed by atoms with E-state index in [4.69, 9.17) is 31.8 Å². The molecule has 218 valence electrons. The first-order chi connectivity index (χ1) is 19.9. The van der Waals surface area contributed by atoms with E-state index in [1.165, 1.54) is 12.1 Å². The van der Waals surface area contributed by atoms with Gasteiger partial charge in [0.1, 0.15) is 11.4 Å². The van der Waals surface area contributed by atoms with Gasteiger partial charge in [0.05, 0.1) is 24.2 Å². The third-order valence-electron chi connectivity index (χ3n) is 5.94. The van der Waals surface area contributed by atoms with Crippen molar-refractivity contribution in [2.45, 2.75) is 37.8 Å². The quantitative estimate of drug-likeness (QED) is 0.188. The molecule has 1 aromatic heterocycles. The minimum Gasteiger partial charge on any atom is -0.497 e. The highest BCUT2D eigenvalue weighted by Crippen LogP contribution is 2.33. The summed E-state index contributed by atoms with van der Waals surface area (Å²) >= 11 is 6.10. The van der Waals surface area contributed by atoms with Crippen LogP contribution in [0.2, 0.25) is 5.02 Å². The Balaban J connectivity index is 1.74. The summed E-state index contributed by atoms with van der Waals surface area (Å²) in [4.78, 5) is 21.9. The van der Waals surface area contributed by atoms with E-state index in [0.29, 0.717) is 26.3 Å². The molecule has 1 heterocycles. The van der Waals surface area contributed by atoms with Gasteiger partial charge >= 0.3 is 6.09 Å². The van der Waals surface area contributed by atoms with E-state index in [0.717, 1.165) is 16.7 Å². The molecular weight excluding hydrogens is 576 g/mol. The number of sulfonamides is 1. The van der Waals surface area contributed by atoms with Crippen molar-refractivity contribution < 1.29 is 22.7 Å². The number of nitrogens with zero attached hydrogens (tertiary/aromatic N) is 3. The smallest absolute Gasteiger partial charge is 0.431 e. The first-order valence-electron chi connectivity index (χ1n) is 12.9. The predicted octanol–water partition coefficient (Wildman–Crippen LogP) is 6.52. The number of hydrogen-bond donors (Lipinski definition) is 1. The number of guanidine groups is 1. The SMILES string of the molecule is COc1ccc(-c2cc(CN=C(N)N(C(=O)OC(C)(C)C)S(=O)(=O)c3ccccc3)cnc2-c2ccc(Cl)cc2)cc1. The number of carbonyl (C=O) groups is 1. The maximum Gasteiger partial charge on any atom is 0.431 e. The van der Waals surface area contributed by atoms with Gasteiger partial charge in [-0.2, -0.15) is 0 Å². The fraction of sp³-hybridized carbons (Fsp3) is 0.194. The van der Waals surface area contributed by atoms with Gasteiger partial charge in [-0.3, -0.25) is 4.98 Å². The molecule has 0 saturated heterocycles. The van der Waals surface area contributed by atoms with Crippen molar-refractivity contribution in [3.8, 4) is 28.1 Å². The van der Waals surface area contributed by atoms with Crippen molar-refractivity contribution in [2.75, 3.05) is 7.11 Å². The highest BCUT2D eigenvalue weighted by atomic mass is 35.5. The van der Waals surface area contributed by atoms with E-state index in [1.54, 1.807) is 64.4 Å². The van der Waals surface area contributed by atoms with Gasteiger partial charge in [-0.25, -0.2) is 18.2 Å². The molecule has 11 heteroatoms. The Kier molecular flexibility index (Phi) is 9.18. The molecule has 1 amide bonds. The van der Waals surface area contributed by atoms with Crippen molar-refractivity contribution in [3.63, 3.8) is 0 Å². The fourth-order valence-corrected chi connectivity index (χ4v) is 5.35. The maximum absolute atomic E-state index is 13.5. The molecule has 3 aromatic carbocycles. The van der Waals surface area contributed by atoms with Crippen LogP contribution in [0, 0.1) is 0 Å². The lowest BCUT2D eigenvalue weighted by Gasteiger charge is -2.26. The topological polar surface area (TPSA) is 124 Å². The summed E-state index contributed by atoms with van der Waals surface area (Å²) < 4.78 is 38.0. The van der Waals surface area contributed by atoms with Gasteiger partial charge in [-0.1, -0.05) is 54.1 Å². The second kappa shape index (κ2) is 12.6. The van der Waals surface area contributed by atoms with Crippen molar-refractivity contribution >= 4 is 33.7 Å². The molecule has 0 radical (unpaired) electrons. The second-order valence-corrected chi connectivity index (χ2v) is 12.4. The molecule has 2 N–H and O–H groups in total. The number of benzene rings is 3. The lowest BCUT2D eigenvalue weighted by atomic mass is 9.98. The summed E-state index contributed by atoms with van der Waals surface area (Å²) in [6, 6.07) is 24.2. The van der Waals surface area contributed by atoms with Crippen molar-refractivity contribution in [1.82, 2.24) is 9.29 Å². The highest BCUT2D eigenvalue weighted by molar-refractivity contribution is 7.90. The molecule has 0 fully saturated rings. The summed E-state index contributed by atoms with van der Waals surface area (Å²) in [5, 5.41) is 0.603. The van der Waals surface area contributed by atoms with Crippen LogP contribution >= 0.6 is 11.6 Å².